The maximum atomic E-state index is 11.8. The molecule has 0 fully saturated rings. The summed E-state index contributed by atoms with van der Waals surface area (Å²) in [6.45, 7) is 7.78. The van der Waals surface area contributed by atoms with Crippen molar-refractivity contribution in [1.82, 2.24) is 0 Å². The lowest BCUT2D eigenvalue weighted by Crippen LogP contribution is -2.41. The Morgan fingerprint density at radius 2 is 1.76 bits per heavy atom. The molecule has 0 aliphatic rings. The van der Waals surface area contributed by atoms with E-state index in [0.717, 1.165) is 5.75 Å². The van der Waals surface area contributed by atoms with Crippen LogP contribution in [0.2, 0.25) is 0 Å². The molecule has 0 bridgehead atoms. The monoisotopic (exact) mass is 315 g/mol. The molecule has 120 valence electrons. The number of ether oxygens (including phenoxy) is 2. The maximum absolute atomic E-state index is 11.8. The quantitative estimate of drug-likeness (QED) is 0.785. The second-order valence-corrected chi connectivity index (χ2v) is 5.30. The van der Waals surface area contributed by atoms with Gasteiger partial charge in [0.15, 0.2) is 0 Å². The van der Waals surface area contributed by atoms with Gasteiger partial charge in [0.05, 0.1) is 0 Å². The first-order chi connectivity index (χ1) is 9.45. The van der Waals surface area contributed by atoms with Crippen LogP contribution in [-0.2, 0) is 9.53 Å². The van der Waals surface area contributed by atoms with E-state index in [1.54, 1.807) is 0 Å². The van der Waals surface area contributed by atoms with Gasteiger partial charge in [0.2, 0.25) is 0 Å². The molecule has 0 radical (unpaired) electrons. The van der Waals surface area contributed by atoms with Gasteiger partial charge in [0, 0.05) is 0 Å². The topological polar surface area (TPSA) is 61.6 Å². The Balaban J connectivity index is 0.00000400. The minimum atomic E-state index is -0.568. The third-order valence-electron chi connectivity index (χ3n) is 3.18. The molecular formula is C16H26ClNO3. The van der Waals surface area contributed by atoms with Crippen LogP contribution in [0.25, 0.3) is 0 Å². The second-order valence-electron chi connectivity index (χ2n) is 5.30. The molecule has 0 spiro atoms. The fourth-order valence-corrected chi connectivity index (χ4v) is 1.93. The summed E-state index contributed by atoms with van der Waals surface area (Å²) >= 11 is 0. The molecule has 1 aromatic rings. The third kappa shape index (κ3) is 6.36. The lowest BCUT2D eigenvalue weighted by molar-refractivity contribution is -0.155. The summed E-state index contributed by atoms with van der Waals surface area (Å²) in [7, 11) is 0. The SMILES string of the molecule is CC[C@H](N)C(=O)O[C@@H](C)[C@H](Oc1ccccc1)C(C)C.Cl. The van der Waals surface area contributed by atoms with E-state index >= 15 is 0 Å². The summed E-state index contributed by atoms with van der Waals surface area (Å²) in [6.07, 6.45) is 0.0166. The van der Waals surface area contributed by atoms with E-state index in [-0.39, 0.29) is 36.5 Å². The highest BCUT2D eigenvalue weighted by Gasteiger charge is 2.27. The standard InChI is InChI=1S/C16H25NO3.ClH/c1-5-14(17)16(18)19-12(4)15(11(2)3)20-13-9-7-6-8-10-13;/h6-12,14-15H,5,17H2,1-4H3;1H/t12-,14-,15+;/m0./s1. The van der Waals surface area contributed by atoms with Gasteiger partial charge < -0.3 is 15.2 Å². The Bertz CT molecular complexity index is 411. The van der Waals surface area contributed by atoms with Gasteiger partial charge in [-0.15, -0.1) is 12.4 Å². The minimum Gasteiger partial charge on any atom is -0.486 e. The van der Waals surface area contributed by atoms with Crippen LogP contribution in [0.4, 0.5) is 0 Å². The molecule has 0 amide bonds. The highest BCUT2D eigenvalue weighted by atomic mass is 35.5. The number of halogens is 1. The Labute approximate surface area is 133 Å². The van der Waals surface area contributed by atoms with E-state index in [0.29, 0.717) is 6.42 Å². The zero-order chi connectivity index (χ0) is 15.1. The number of esters is 1. The van der Waals surface area contributed by atoms with Crippen LogP contribution in [0.5, 0.6) is 5.75 Å². The number of rotatable bonds is 7. The number of carbonyl (C=O) groups excluding carboxylic acids is 1. The van der Waals surface area contributed by atoms with Crippen molar-refractivity contribution in [2.24, 2.45) is 11.7 Å². The number of carbonyl (C=O) groups is 1. The molecule has 0 unspecified atom stereocenters. The van der Waals surface area contributed by atoms with Crippen LogP contribution in [0.3, 0.4) is 0 Å². The minimum absolute atomic E-state index is 0. The summed E-state index contributed by atoms with van der Waals surface area (Å²) in [5.74, 6) is 0.618. The number of para-hydroxylation sites is 1. The smallest absolute Gasteiger partial charge is 0.323 e. The van der Waals surface area contributed by atoms with Crippen molar-refractivity contribution in [1.29, 1.82) is 0 Å². The first-order valence-corrected chi connectivity index (χ1v) is 7.13. The Hall–Kier alpha value is -1.26. The molecule has 0 saturated heterocycles. The number of hydrogen-bond donors (Lipinski definition) is 1. The average molecular weight is 316 g/mol. The van der Waals surface area contributed by atoms with Crippen molar-refractivity contribution in [3.63, 3.8) is 0 Å². The van der Waals surface area contributed by atoms with E-state index in [1.165, 1.54) is 0 Å². The van der Waals surface area contributed by atoms with Gasteiger partial charge in [-0.1, -0.05) is 39.0 Å². The molecule has 0 heterocycles. The summed E-state index contributed by atoms with van der Waals surface area (Å²) in [5.41, 5.74) is 5.68. The molecule has 3 atom stereocenters. The van der Waals surface area contributed by atoms with Crippen LogP contribution < -0.4 is 10.5 Å². The predicted molar refractivity (Wildman–Crippen MR) is 86.8 cm³/mol. The van der Waals surface area contributed by atoms with E-state index < -0.39 is 6.04 Å². The van der Waals surface area contributed by atoms with Crippen molar-refractivity contribution in [2.75, 3.05) is 0 Å². The van der Waals surface area contributed by atoms with Crippen LogP contribution in [0.15, 0.2) is 30.3 Å². The first-order valence-electron chi connectivity index (χ1n) is 7.13. The Morgan fingerprint density at radius 1 is 1.19 bits per heavy atom. The largest absolute Gasteiger partial charge is 0.486 e. The van der Waals surface area contributed by atoms with Crippen molar-refractivity contribution in [3.8, 4) is 5.75 Å². The van der Waals surface area contributed by atoms with Crippen LogP contribution in [0, 0.1) is 5.92 Å². The van der Waals surface area contributed by atoms with Crippen LogP contribution in [0.1, 0.15) is 34.1 Å². The van der Waals surface area contributed by atoms with Gasteiger partial charge >= 0.3 is 5.97 Å². The van der Waals surface area contributed by atoms with E-state index in [9.17, 15) is 4.79 Å². The van der Waals surface area contributed by atoms with Crippen LogP contribution >= 0.6 is 12.4 Å². The highest BCUT2D eigenvalue weighted by molar-refractivity contribution is 5.85. The third-order valence-corrected chi connectivity index (χ3v) is 3.18. The number of hydrogen-bond acceptors (Lipinski definition) is 4. The molecule has 2 N–H and O–H groups in total. The fourth-order valence-electron chi connectivity index (χ4n) is 1.93. The Kier molecular flexibility index (Phi) is 9.06. The second kappa shape index (κ2) is 9.64. The van der Waals surface area contributed by atoms with Gasteiger partial charge in [0.1, 0.15) is 24.0 Å². The summed E-state index contributed by atoms with van der Waals surface area (Å²) < 4.78 is 11.3. The lowest BCUT2D eigenvalue weighted by Gasteiger charge is -2.28. The molecule has 1 aromatic carbocycles. The molecule has 5 heteroatoms. The highest BCUT2D eigenvalue weighted by Crippen LogP contribution is 2.19. The van der Waals surface area contributed by atoms with Gasteiger partial charge in [0.25, 0.3) is 0 Å². The Morgan fingerprint density at radius 3 is 2.24 bits per heavy atom. The van der Waals surface area contributed by atoms with Crippen molar-refractivity contribution >= 4 is 18.4 Å². The van der Waals surface area contributed by atoms with Crippen molar-refractivity contribution in [3.05, 3.63) is 30.3 Å². The molecular weight excluding hydrogens is 290 g/mol. The van der Waals surface area contributed by atoms with E-state index in [4.69, 9.17) is 15.2 Å². The lowest BCUT2D eigenvalue weighted by atomic mass is 10.0. The molecule has 0 aliphatic heterocycles. The van der Waals surface area contributed by atoms with Gasteiger partial charge in [-0.2, -0.15) is 0 Å². The van der Waals surface area contributed by atoms with E-state index in [2.05, 4.69) is 0 Å². The maximum Gasteiger partial charge on any atom is 0.323 e. The zero-order valence-electron chi connectivity index (χ0n) is 13.1. The molecule has 21 heavy (non-hydrogen) atoms. The summed E-state index contributed by atoms with van der Waals surface area (Å²) in [5, 5.41) is 0. The van der Waals surface area contributed by atoms with Crippen LogP contribution in [-0.4, -0.2) is 24.2 Å². The average Bonchev–Trinajstić information content (AvgIpc) is 2.44. The molecule has 4 nitrogen and oxygen atoms in total. The normalized spacial score (nSPS) is 14.8. The fraction of sp³-hybridized carbons (Fsp3) is 0.562. The molecule has 1 rings (SSSR count). The van der Waals surface area contributed by atoms with Crippen molar-refractivity contribution < 1.29 is 14.3 Å². The van der Waals surface area contributed by atoms with Gasteiger partial charge in [-0.3, -0.25) is 4.79 Å². The predicted octanol–water partition coefficient (Wildman–Crippen LogP) is 3.18. The molecule has 0 aliphatic carbocycles. The number of benzene rings is 1. The molecule has 0 aromatic heterocycles. The molecule has 0 saturated carbocycles. The van der Waals surface area contributed by atoms with E-state index in [1.807, 2.05) is 58.0 Å². The van der Waals surface area contributed by atoms with Crippen molar-refractivity contribution in [2.45, 2.75) is 52.4 Å². The summed E-state index contributed by atoms with van der Waals surface area (Å²) in [4.78, 5) is 11.8. The zero-order valence-corrected chi connectivity index (χ0v) is 13.9. The van der Waals surface area contributed by atoms with Gasteiger partial charge in [-0.05, 0) is 31.4 Å². The number of nitrogens with two attached hydrogens (primary N) is 1. The summed E-state index contributed by atoms with van der Waals surface area (Å²) in [6, 6.07) is 8.97. The first kappa shape index (κ1) is 19.7. The van der Waals surface area contributed by atoms with Gasteiger partial charge in [-0.25, -0.2) is 0 Å².